The van der Waals surface area contributed by atoms with E-state index in [4.69, 9.17) is 14.4 Å². The molecular weight excluding hydrogens is 829 g/mol. The van der Waals surface area contributed by atoms with E-state index in [9.17, 15) is 0 Å². The smallest absolute Gasteiger partial charge is 0.160 e. The first-order valence-electron chi connectivity index (χ1n) is 23.5. The lowest BCUT2D eigenvalue weighted by atomic mass is 9.90. The number of aliphatic imine (C=N–C) groups is 2. The zero-order valence-electron chi connectivity index (χ0n) is 37.3. The van der Waals surface area contributed by atoms with Gasteiger partial charge in [0.25, 0.3) is 0 Å². The van der Waals surface area contributed by atoms with Crippen LogP contribution in [0.3, 0.4) is 0 Å². The predicted molar refractivity (Wildman–Crippen MR) is 285 cm³/mol. The van der Waals surface area contributed by atoms with Crippen molar-refractivity contribution >= 4 is 104 Å². The van der Waals surface area contributed by atoms with Gasteiger partial charge in [-0.1, -0.05) is 159 Å². The van der Waals surface area contributed by atoms with Gasteiger partial charge in [-0.3, -0.25) is 0 Å². The molecule has 0 aliphatic carbocycles. The van der Waals surface area contributed by atoms with Gasteiger partial charge in [0.05, 0.1) is 39.2 Å². The van der Waals surface area contributed by atoms with Crippen LogP contribution in [-0.2, 0) is 0 Å². The molecule has 13 aromatic rings. The number of para-hydroxylation sites is 4. The molecule has 68 heavy (non-hydrogen) atoms. The van der Waals surface area contributed by atoms with Crippen molar-refractivity contribution in [2.45, 2.75) is 13.3 Å². The number of benzene rings is 10. The van der Waals surface area contributed by atoms with Gasteiger partial charge in [0.15, 0.2) is 5.84 Å². The minimum absolute atomic E-state index is 0.0296. The first-order chi connectivity index (χ1) is 33.6. The molecule has 0 radical (unpaired) electrons. The van der Waals surface area contributed by atoms with E-state index in [0.717, 1.165) is 89.8 Å². The van der Waals surface area contributed by atoms with Crippen molar-refractivity contribution in [1.82, 2.24) is 9.13 Å². The Kier molecular flexibility index (Phi) is 8.56. The lowest BCUT2D eigenvalue weighted by Crippen LogP contribution is -2.17. The van der Waals surface area contributed by atoms with Crippen molar-refractivity contribution in [3.05, 3.63) is 235 Å². The van der Waals surface area contributed by atoms with Crippen molar-refractivity contribution < 1.29 is 4.42 Å². The maximum Gasteiger partial charge on any atom is 0.160 e. The number of hydrogen-bond donors (Lipinski definition) is 0. The summed E-state index contributed by atoms with van der Waals surface area (Å²) in [6.45, 7) is 2.32. The maximum absolute atomic E-state index is 6.69. The summed E-state index contributed by atoms with van der Waals surface area (Å²) in [4.78, 5) is 11.6. The summed E-state index contributed by atoms with van der Waals surface area (Å²) in [6, 6.07) is 76.2. The molecule has 0 bridgehead atoms. The van der Waals surface area contributed by atoms with Crippen LogP contribution in [0.25, 0.3) is 104 Å². The summed E-state index contributed by atoms with van der Waals surface area (Å²) in [5.41, 5.74) is 13.4. The molecule has 0 amide bonds. The second-order valence-corrected chi connectivity index (χ2v) is 18.1. The standard InChI is InChI=1S/C63H42N4O/c1-39-30-33-53(52-37-51-47-23-11-14-29-59(47)68-60(51)38-58(52)67-54-26-12-9-22-46(54)50-35-42-18-7-8-19-43(42)36-57(50)67)64-63(44-32-31-40-16-5-6-17-41(40)34-44)65-62(39)49-25-15-28-56-61(49)48-24-10-13-27-55(48)66(56)45-20-3-2-4-21-45/h2-29,31-39H,30H2,1H3/b53-33+,64-63-,65-62+. The van der Waals surface area contributed by atoms with E-state index in [1.54, 1.807) is 0 Å². The molecule has 320 valence electrons. The minimum atomic E-state index is 0.0296. The summed E-state index contributed by atoms with van der Waals surface area (Å²) in [7, 11) is 0. The van der Waals surface area contributed by atoms with Gasteiger partial charge in [0.2, 0.25) is 0 Å². The fraction of sp³-hybridized carbons (Fsp3) is 0.0476. The number of hydrogen-bond acceptors (Lipinski definition) is 3. The third-order valence-electron chi connectivity index (χ3n) is 14.1. The van der Waals surface area contributed by atoms with Crippen molar-refractivity contribution in [1.29, 1.82) is 0 Å². The molecule has 1 aliphatic rings. The van der Waals surface area contributed by atoms with Crippen molar-refractivity contribution in [2.24, 2.45) is 15.9 Å². The molecule has 0 fully saturated rings. The van der Waals surface area contributed by atoms with Gasteiger partial charge in [-0.2, -0.15) is 0 Å². The van der Waals surface area contributed by atoms with E-state index in [0.29, 0.717) is 5.84 Å². The molecule has 5 nitrogen and oxygen atoms in total. The maximum atomic E-state index is 6.69. The Morgan fingerprint density at radius 1 is 0.441 bits per heavy atom. The SMILES string of the molecule is CC1C/C=C(c2cc3c(cc2-n2c4ccccc4c4cc5ccccc5cc42)oc2ccccc23)/N=C(c2ccc3ccccc3c2)\N=C/1c1cccc2c1c1ccccc1n2-c1ccccc1. The van der Waals surface area contributed by atoms with E-state index in [-0.39, 0.29) is 5.92 Å². The molecule has 1 aliphatic heterocycles. The van der Waals surface area contributed by atoms with Crippen molar-refractivity contribution in [2.75, 3.05) is 0 Å². The molecule has 0 saturated heterocycles. The van der Waals surface area contributed by atoms with Crippen LogP contribution in [-0.4, -0.2) is 20.7 Å². The lowest BCUT2D eigenvalue weighted by molar-refractivity contribution is 0.668. The van der Waals surface area contributed by atoms with E-state index < -0.39 is 0 Å². The van der Waals surface area contributed by atoms with E-state index in [2.05, 4.69) is 228 Å². The Morgan fingerprint density at radius 2 is 1.10 bits per heavy atom. The number of nitrogens with zero attached hydrogens (tertiary/aromatic N) is 4. The predicted octanol–water partition coefficient (Wildman–Crippen LogP) is 16.4. The van der Waals surface area contributed by atoms with Crippen molar-refractivity contribution in [3.8, 4) is 11.4 Å². The third kappa shape index (κ3) is 5.95. The molecule has 1 atom stereocenters. The summed E-state index contributed by atoms with van der Waals surface area (Å²) in [6.07, 6.45) is 3.07. The van der Waals surface area contributed by atoms with Gasteiger partial charge in [0.1, 0.15) is 11.2 Å². The van der Waals surface area contributed by atoms with Crippen LogP contribution in [0.5, 0.6) is 0 Å². The first kappa shape index (κ1) is 38.5. The highest BCUT2D eigenvalue weighted by atomic mass is 16.3. The van der Waals surface area contributed by atoms with Gasteiger partial charge < -0.3 is 13.6 Å². The van der Waals surface area contributed by atoms with Crippen LogP contribution in [0.1, 0.15) is 30.0 Å². The Hall–Kier alpha value is -8.80. The summed E-state index contributed by atoms with van der Waals surface area (Å²) < 4.78 is 11.5. The molecule has 10 aromatic carbocycles. The minimum Gasteiger partial charge on any atom is -0.456 e. The van der Waals surface area contributed by atoms with Crippen LogP contribution in [0.15, 0.2) is 233 Å². The summed E-state index contributed by atoms with van der Waals surface area (Å²) in [5, 5.41) is 11.6. The van der Waals surface area contributed by atoms with Gasteiger partial charge in [-0.15, -0.1) is 0 Å². The normalized spacial score (nSPS) is 16.9. The number of furan rings is 1. The monoisotopic (exact) mass is 870 g/mol. The van der Waals surface area contributed by atoms with Crippen molar-refractivity contribution in [3.63, 3.8) is 0 Å². The quantitative estimate of drug-likeness (QED) is 0.170. The number of aromatic nitrogens is 2. The van der Waals surface area contributed by atoms with E-state index in [1.165, 1.54) is 43.2 Å². The van der Waals surface area contributed by atoms with Crippen LogP contribution in [0, 0.1) is 5.92 Å². The topological polar surface area (TPSA) is 47.7 Å². The molecular formula is C63H42N4O. The molecule has 0 spiro atoms. The molecule has 5 heteroatoms. The average molecular weight is 871 g/mol. The zero-order chi connectivity index (χ0) is 44.9. The second kappa shape index (κ2) is 15.1. The summed E-state index contributed by atoms with van der Waals surface area (Å²) in [5.74, 6) is 0.700. The van der Waals surface area contributed by atoms with Gasteiger partial charge in [0, 0.05) is 66.7 Å². The average Bonchev–Trinajstić information content (AvgIpc) is 4.04. The first-order valence-corrected chi connectivity index (χ1v) is 23.5. The molecule has 0 N–H and O–H groups in total. The Morgan fingerprint density at radius 3 is 1.93 bits per heavy atom. The van der Waals surface area contributed by atoms with Crippen LogP contribution in [0.2, 0.25) is 0 Å². The van der Waals surface area contributed by atoms with Crippen LogP contribution < -0.4 is 0 Å². The van der Waals surface area contributed by atoms with E-state index >= 15 is 0 Å². The number of fused-ring (bicyclic) bond motifs is 11. The Bertz CT molecular complexity index is 4310. The molecule has 3 aromatic heterocycles. The molecule has 14 rings (SSSR count). The highest BCUT2D eigenvalue weighted by Gasteiger charge is 2.26. The fourth-order valence-electron chi connectivity index (χ4n) is 10.9. The Balaban J connectivity index is 1.06. The zero-order valence-corrected chi connectivity index (χ0v) is 37.3. The molecule has 4 heterocycles. The highest BCUT2D eigenvalue weighted by molar-refractivity contribution is 6.24. The molecule has 1 unspecified atom stereocenters. The van der Waals surface area contributed by atoms with E-state index in [1.807, 2.05) is 6.07 Å². The fourth-order valence-corrected chi connectivity index (χ4v) is 10.9. The Labute approximate surface area is 391 Å². The molecule has 0 saturated carbocycles. The van der Waals surface area contributed by atoms with Gasteiger partial charge in [-0.05, 0) is 88.6 Å². The number of amidine groups is 1. The largest absolute Gasteiger partial charge is 0.456 e. The third-order valence-corrected chi connectivity index (χ3v) is 14.1. The second-order valence-electron chi connectivity index (χ2n) is 18.1. The van der Waals surface area contributed by atoms with Crippen LogP contribution >= 0.6 is 0 Å². The van der Waals surface area contributed by atoms with Crippen LogP contribution in [0.4, 0.5) is 0 Å². The number of allylic oxidation sites excluding steroid dienone is 1. The summed E-state index contributed by atoms with van der Waals surface area (Å²) >= 11 is 0. The number of rotatable bonds is 5. The highest BCUT2D eigenvalue weighted by Crippen LogP contribution is 2.42. The van der Waals surface area contributed by atoms with Gasteiger partial charge in [-0.25, -0.2) is 9.98 Å². The van der Waals surface area contributed by atoms with Gasteiger partial charge >= 0.3 is 0 Å². The lowest BCUT2D eigenvalue weighted by Gasteiger charge is -2.21.